The average molecular weight is 323 g/mol. The Kier molecular flexibility index (Phi) is 4.49. The standard InChI is InChI=1S/C16H15ClO3S/c1-11-7-8-13(12(2)9-11)15(18)10-21(19,20)16-6-4-3-5-14(16)17/h3-9H,10H2,1-2H3. The summed E-state index contributed by atoms with van der Waals surface area (Å²) in [4.78, 5) is 12.2. The molecule has 2 rings (SSSR count). The third-order valence-electron chi connectivity index (χ3n) is 3.18. The lowest BCUT2D eigenvalue weighted by atomic mass is 10.0. The van der Waals surface area contributed by atoms with Crippen molar-refractivity contribution in [3.8, 4) is 0 Å². The summed E-state index contributed by atoms with van der Waals surface area (Å²) in [5.74, 6) is -1.01. The van der Waals surface area contributed by atoms with E-state index in [4.69, 9.17) is 11.6 Å². The number of sulfone groups is 1. The Balaban J connectivity index is 2.33. The zero-order valence-electron chi connectivity index (χ0n) is 11.8. The first-order valence-electron chi connectivity index (χ1n) is 6.39. The molecule has 0 heterocycles. The molecule has 0 fully saturated rings. The van der Waals surface area contributed by atoms with Crippen molar-refractivity contribution < 1.29 is 13.2 Å². The van der Waals surface area contributed by atoms with E-state index in [0.717, 1.165) is 11.1 Å². The highest BCUT2D eigenvalue weighted by atomic mass is 35.5. The zero-order chi connectivity index (χ0) is 15.6. The van der Waals surface area contributed by atoms with Crippen LogP contribution >= 0.6 is 11.6 Å². The van der Waals surface area contributed by atoms with E-state index in [1.54, 1.807) is 31.2 Å². The Hall–Kier alpha value is -1.65. The largest absolute Gasteiger partial charge is 0.293 e. The normalized spacial score (nSPS) is 11.4. The van der Waals surface area contributed by atoms with Gasteiger partial charge in [0.2, 0.25) is 0 Å². The van der Waals surface area contributed by atoms with E-state index in [0.29, 0.717) is 5.56 Å². The molecule has 0 radical (unpaired) electrons. The monoisotopic (exact) mass is 322 g/mol. The van der Waals surface area contributed by atoms with Crippen LogP contribution in [-0.4, -0.2) is 20.0 Å². The molecule has 0 saturated heterocycles. The Morgan fingerprint density at radius 3 is 2.38 bits per heavy atom. The molecule has 0 spiro atoms. The van der Waals surface area contributed by atoms with Gasteiger partial charge in [-0.05, 0) is 31.5 Å². The van der Waals surface area contributed by atoms with E-state index in [9.17, 15) is 13.2 Å². The molecule has 21 heavy (non-hydrogen) atoms. The zero-order valence-corrected chi connectivity index (χ0v) is 13.3. The van der Waals surface area contributed by atoms with Crippen LogP contribution in [0.2, 0.25) is 5.02 Å². The van der Waals surface area contributed by atoms with Gasteiger partial charge in [0.1, 0.15) is 5.75 Å². The fourth-order valence-corrected chi connectivity index (χ4v) is 3.95. The average Bonchev–Trinajstić information content (AvgIpc) is 2.38. The van der Waals surface area contributed by atoms with E-state index < -0.39 is 21.4 Å². The van der Waals surface area contributed by atoms with Gasteiger partial charge < -0.3 is 0 Å². The van der Waals surface area contributed by atoms with Crippen LogP contribution in [0.15, 0.2) is 47.4 Å². The predicted molar refractivity (Wildman–Crippen MR) is 83.8 cm³/mol. The second-order valence-corrected chi connectivity index (χ2v) is 7.30. The minimum Gasteiger partial charge on any atom is -0.293 e. The number of Topliss-reactive ketones (excluding diaryl/α,β-unsaturated/α-hetero) is 1. The predicted octanol–water partition coefficient (Wildman–Crippen LogP) is 3.61. The first-order chi connectivity index (χ1) is 9.81. The minimum atomic E-state index is -3.75. The van der Waals surface area contributed by atoms with Gasteiger partial charge in [0.25, 0.3) is 0 Å². The molecule has 0 saturated carbocycles. The number of hydrogen-bond donors (Lipinski definition) is 0. The van der Waals surface area contributed by atoms with E-state index in [1.807, 2.05) is 13.0 Å². The molecule has 110 valence electrons. The Labute approximate surface area is 129 Å². The van der Waals surface area contributed by atoms with Gasteiger partial charge in [-0.15, -0.1) is 0 Å². The maximum Gasteiger partial charge on any atom is 0.187 e. The second kappa shape index (κ2) is 6.00. The molecular formula is C16H15ClO3S. The van der Waals surface area contributed by atoms with Crippen molar-refractivity contribution in [1.82, 2.24) is 0 Å². The molecule has 0 amide bonds. The quantitative estimate of drug-likeness (QED) is 0.808. The summed E-state index contributed by atoms with van der Waals surface area (Å²) in [6, 6.07) is 11.4. The number of carbonyl (C=O) groups excluding carboxylic acids is 1. The highest BCUT2D eigenvalue weighted by Gasteiger charge is 2.23. The first kappa shape index (κ1) is 15.7. The summed E-state index contributed by atoms with van der Waals surface area (Å²) < 4.78 is 24.6. The van der Waals surface area contributed by atoms with Gasteiger partial charge >= 0.3 is 0 Å². The van der Waals surface area contributed by atoms with Crippen LogP contribution in [0.3, 0.4) is 0 Å². The van der Waals surface area contributed by atoms with Crippen LogP contribution in [-0.2, 0) is 9.84 Å². The lowest BCUT2D eigenvalue weighted by Gasteiger charge is -2.08. The Morgan fingerprint density at radius 1 is 1.10 bits per heavy atom. The Morgan fingerprint density at radius 2 is 1.76 bits per heavy atom. The van der Waals surface area contributed by atoms with Crippen LogP contribution in [0.1, 0.15) is 21.5 Å². The fourth-order valence-electron chi connectivity index (χ4n) is 2.15. The summed E-state index contributed by atoms with van der Waals surface area (Å²) in [5, 5.41) is 0.130. The molecule has 3 nitrogen and oxygen atoms in total. The van der Waals surface area contributed by atoms with E-state index in [-0.39, 0.29) is 9.92 Å². The SMILES string of the molecule is Cc1ccc(C(=O)CS(=O)(=O)c2ccccc2Cl)c(C)c1. The number of rotatable bonds is 4. The molecule has 0 aliphatic heterocycles. The van der Waals surface area contributed by atoms with Crippen LogP contribution < -0.4 is 0 Å². The highest BCUT2D eigenvalue weighted by molar-refractivity contribution is 7.92. The minimum absolute atomic E-state index is 0.00946. The maximum absolute atomic E-state index is 12.3. The van der Waals surface area contributed by atoms with Gasteiger partial charge in [0.05, 0.1) is 9.92 Å². The maximum atomic E-state index is 12.3. The molecule has 0 aliphatic carbocycles. The van der Waals surface area contributed by atoms with Crippen LogP contribution in [0, 0.1) is 13.8 Å². The fraction of sp³-hybridized carbons (Fsp3) is 0.188. The number of halogens is 1. The van der Waals surface area contributed by atoms with Gasteiger partial charge in [0, 0.05) is 5.56 Å². The lowest BCUT2D eigenvalue weighted by molar-refractivity contribution is 0.102. The molecule has 5 heteroatoms. The molecular weight excluding hydrogens is 308 g/mol. The van der Waals surface area contributed by atoms with Crippen molar-refractivity contribution in [3.63, 3.8) is 0 Å². The molecule has 2 aromatic rings. The van der Waals surface area contributed by atoms with Crippen molar-refractivity contribution in [3.05, 3.63) is 64.2 Å². The number of ketones is 1. The molecule has 2 aromatic carbocycles. The van der Waals surface area contributed by atoms with Gasteiger partial charge in [-0.25, -0.2) is 8.42 Å². The molecule has 0 unspecified atom stereocenters. The summed E-state index contributed by atoms with van der Waals surface area (Å²) in [5.41, 5.74) is 2.23. The molecule has 0 N–H and O–H groups in total. The van der Waals surface area contributed by atoms with E-state index >= 15 is 0 Å². The van der Waals surface area contributed by atoms with Gasteiger partial charge in [-0.3, -0.25) is 4.79 Å². The van der Waals surface area contributed by atoms with E-state index in [2.05, 4.69) is 0 Å². The first-order valence-corrected chi connectivity index (χ1v) is 8.42. The van der Waals surface area contributed by atoms with E-state index in [1.165, 1.54) is 12.1 Å². The number of aryl methyl sites for hydroxylation is 2. The smallest absolute Gasteiger partial charge is 0.187 e. The second-order valence-electron chi connectivity index (χ2n) is 4.93. The number of hydrogen-bond acceptors (Lipinski definition) is 3. The molecule has 0 aliphatic rings. The summed E-state index contributed by atoms with van der Waals surface area (Å²) in [6.45, 7) is 3.71. The Bertz CT molecular complexity index is 795. The summed E-state index contributed by atoms with van der Waals surface area (Å²) in [6.07, 6.45) is 0. The molecule has 0 atom stereocenters. The van der Waals surface area contributed by atoms with Crippen molar-refractivity contribution in [2.75, 3.05) is 5.75 Å². The lowest BCUT2D eigenvalue weighted by Crippen LogP contribution is -2.17. The van der Waals surface area contributed by atoms with Gasteiger partial charge in [-0.1, -0.05) is 47.5 Å². The van der Waals surface area contributed by atoms with Crippen LogP contribution in [0.4, 0.5) is 0 Å². The third-order valence-corrected chi connectivity index (χ3v) is 5.29. The highest BCUT2D eigenvalue weighted by Crippen LogP contribution is 2.23. The van der Waals surface area contributed by atoms with Crippen LogP contribution in [0.5, 0.6) is 0 Å². The van der Waals surface area contributed by atoms with Crippen molar-refractivity contribution >= 4 is 27.2 Å². The van der Waals surface area contributed by atoms with Crippen molar-refractivity contribution in [1.29, 1.82) is 0 Å². The van der Waals surface area contributed by atoms with Crippen molar-refractivity contribution in [2.24, 2.45) is 0 Å². The van der Waals surface area contributed by atoms with Crippen molar-refractivity contribution in [2.45, 2.75) is 18.7 Å². The van der Waals surface area contributed by atoms with Gasteiger partial charge in [-0.2, -0.15) is 0 Å². The number of carbonyl (C=O) groups is 1. The van der Waals surface area contributed by atoms with Crippen LogP contribution in [0.25, 0.3) is 0 Å². The number of benzene rings is 2. The summed E-state index contributed by atoms with van der Waals surface area (Å²) in [7, 11) is -3.75. The molecule has 0 bridgehead atoms. The van der Waals surface area contributed by atoms with Gasteiger partial charge in [0.15, 0.2) is 15.6 Å². The summed E-state index contributed by atoms with van der Waals surface area (Å²) >= 11 is 5.90. The molecule has 0 aromatic heterocycles. The topological polar surface area (TPSA) is 51.2 Å². The third kappa shape index (κ3) is 3.52.